The predicted molar refractivity (Wildman–Crippen MR) is 72.0 cm³/mol. The minimum Gasteiger partial charge on any atom is -0.466 e. The zero-order valence-electron chi connectivity index (χ0n) is 11.7. The molecular weight excluding hydrogens is 287 g/mol. The van der Waals surface area contributed by atoms with E-state index < -0.39 is 12.3 Å². The molecule has 0 bridgehead atoms. The predicted octanol–water partition coefficient (Wildman–Crippen LogP) is 3.51. The van der Waals surface area contributed by atoms with Crippen LogP contribution in [0.15, 0.2) is 35.9 Å². The van der Waals surface area contributed by atoms with E-state index in [4.69, 9.17) is 0 Å². The fraction of sp³-hybridized carbons (Fsp3) is 0.357. The molecule has 21 heavy (non-hydrogen) atoms. The van der Waals surface area contributed by atoms with E-state index in [0.717, 1.165) is 0 Å². The van der Waals surface area contributed by atoms with Gasteiger partial charge in [-0.25, -0.2) is 4.79 Å². The van der Waals surface area contributed by atoms with Gasteiger partial charge in [0.15, 0.2) is 5.75 Å². The van der Waals surface area contributed by atoms with Gasteiger partial charge in [0.1, 0.15) is 0 Å². The summed E-state index contributed by atoms with van der Waals surface area (Å²) in [4.78, 5) is 11.3. The van der Waals surface area contributed by atoms with Gasteiger partial charge < -0.3 is 14.8 Å². The highest BCUT2D eigenvalue weighted by molar-refractivity contribution is 5.88. The number of alkyl halides is 3. The maximum Gasteiger partial charge on any atom is 0.573 e. The van der Waals surface area contributed by atoms with Crippen molar-refractivity contribution in [2.24, 2.45) is 0 Å². The third-order valence-corrected chi connectivity index (χ3v) is 2.58. The first kappa shape index (κ1) is 16.9. The molecule has 0 atom stereocenters. The molecule has 7 heteroatoms. The molecule has 0 aromatic heterocycles. The van der Waals surface area contributed by atoms with E-state index in [0.29, 0.717) is 12.0 Å². The number of esters is 1. The van der Waals surface area contributed by atoms with Gasteiger partial charge in [0, 0.05) is 12.1 Å². The highest BCUT2D eigenvalue weighted by Crippen LogP contribution is 2.29. The molecule has 0 unspecified atom stereocenters. The Balaban J connectivity index is 2.76. The summed E-state index contributed by atoms with van der Waals surface area (Å²) in [5.41, 5.74) is 0.630. The molecule has 0 aliphatic carbocycles. The second-order valence-corrected chi connectivity index (χ2v) is 4.00. The van der Waals surface area contributed by atoms with E-state index in [1.807, 2.05) is 0 Å². The van der Waals surface area contributed by atoms with Crippen molar-refractivity contribution < 1.29 is 27.4 Å². The molecular formula is C14H16F3NO3. The molecule has 0 heterocycles. The Morgan fingerprint density at radius 3 is 2.57 bits per heavy atom. The number of halogens is 3. The van der Waals surface area contributed by atoms with E-state index in [9.17, 15) is 18.0 Å². The smallest absolute Gasteiger partial charge is 0.466 e. The lowest BCUT2D eigenvalue weighted by molar-refractivity contribution is -0.274. The maximum atomic E-state index is 12.3. The van der Waals surface area contributed by atoms with Gasteiger partial charge in [-0.3, -0.25) is 0 Å². The molecule has 0 fully saturated rings. The van der Waals surface area contributed by atoms with Crippen LogP contribution in [0.4, 0.5) is 18.9 Å². The van der Waals surface area contributed by atoms with Gasteiger partial charge >= 0.3 is 12.3 Å². The van der Waals surface area contributed by atoms with Crippen LogP contribution >= 0.6 is 0 Å². The number of para-hydroxylation sites is 2. The second-order valence-electron chi connectivity index (χ2n) is 4.00. The SMILES string of the molecule is CC/C(=C/CNc1ccccc1OC(F)(F)F)C(=O)OC. The normalized spacial score (nSPS) is 12.0. The second kappa shape index (κ2) is 7.56. The molecule has 0 saturated carbocycles. The number of benzene rings is 1. The molecule has 0 saturated heterocycles. The van der Waals surface area contributed by atoms with Crippen molar-refractivity contribution >= 4 is 11.7 Å². The molecule has 1 aromatic carbocycles. The molecule has 0 radical (unpaired) electrons. The number of nitrogens with one attached hydrogen (secondary N) is 1. The third-order valence-electron chi connectivity index (χ3n) is 2.58. The van der Waals surface area contributed by atoms with Gasteiger partial charge in [0.05, 0.1) is 12.8 Å². The molecule has 1 aromatic rings. The number of anilines is 1. The zero-order chi connectivity index (χ0) is 15.9. The Morgan fingerprint density at radius 2 is 2.00 bits per heavy atom. The Labute approximate surface area is 120 Å². The Hall–Kier alpha value is -2.18. The van der Waals surface area contributed by atoms with Crippen LogP contribution in [0.2, 0.25) is 0 Å². The van der Waals surface area contributed by atoms with Crippen molar-refractivity contribution in [3.63, 3.8) is 0 Å². The number of rotatable bonds is 6. The first-order chi connectivity index (χ1) is 9.87. The standard InChI is InChI=1S/C14H16F3NO3/c1-3-10(13(19)20-2)8-9-18-11-6-4-5-7-12(11)21-14(15,16)17/h4-8,18H,3,9H2,1-2H3/b10-8-. The number of ether oxygens (including phenoxy) is 2. The lowest BCUT2D eigenvalue weighted by Gasteiger charge is -2.13. The monoisotopic (exact) mass is 303 g/mol. The number of carbonyl (C=O) groups excluding carboxylic acids is 1. The van der Waals surface area contributed by atoms with Crippen LogP contribution in [-0.2, 0) is 9.53 Å². The zero-order valence-corrected chi connectivity index (χ0v) is 11.7. The molecule has 1 N–H and O–H groups in total. The van der Waals surface area contributed by atoms with Gasteiger partial charge in [-0.2, -0.15) is 0 Å². The Morgan fingerprint density at radius 1 is 1.33 bits per heavy atom. The first-order valence-corrected chi connectivity index (χ1v) is 6.23. The van der Waals surface area contributed by atoms with Crippen molar-refractivity contribution in [1.82, 2.24) is 0 Å². The van der Waals surface area contributed by atoms with E-state index in [-0.39, 0.29) is 18.0 Å². The summed E-state index contributed by atoms with van der Waals surface area (Å²) in [6.45, 7) is 1.96. The highest BCUT2D eigenvalue weighted by atomic mass is 19.4. The molecule has 4 nitrogen and oxygen atoms in total. The van der Waals surface area contributed by atoms with E-state index in [1.165, 1.54) is 25.3 Å². The van der Waals surface area contributed by atoms with Crippen molar-refractivity contribution in [3.05, 3.63) is 35.9 Å². The summed E-state index contributed by atoms with van der Waals surface area (Å²) in [5, 5.41) is 2.77. The van der Waals surface area contributed by atoms with Crippen LogP contribution in [0.5, 0.6) is 5.75 Å². The summed E-state index contributed by atoms with van der Waals surface area (Å²) in [6, 6.07) is 5.68. The van der Waals surface area contributed by atoms with Crippen molar-refractivity contribution in [2.75, 3.05) is 19.0 Å². The van der Waals surface area contributed by atoms with Crippen LogP contribution < -0.4 is 10.1 Å². The summed E-state index contributed by atoms with van der Waals surface area (Å²) < 4.78 is 45.3. The molecule has 0 aliphatic heterocycles. The number of hydrogen-bond acceptors (Lipinski definition) is 4. The van der Waals surface area contributed by atoms with E-state index in [1.54, 1.807) is 19.1 Å². The summed E-state index contributed by atoms with van der Waals surface area (Å²) >= 11 is 0. The first-order valence-electron chi connectivity index (χ1n) is 6.23. The minimum atomic E-state index is -4.76. The van der Waals surface area contributed by atoms with Crippen molar-refractivity contribution in [2.45, 2.75) is 19.7 Å². The molecule has 0 spiro atoms. The van der Waals surface area contributed by atoms with Gasteiger partial charge in [-0.05, 0) is 18.6 Å². The van der Waals surface area contributed by atoms with Crippen molar-refractivity contribution in [1.29, 1.82) is 0 Å². The quantitative estimate of drug-likeness (QED) is 0.645. The number of carbonyl (C=O) groups is 1. The maximum absolute atomic E-state index is 12.3. The lowest BCUT2D eigenvalue weighted by Crippen LogP contribution is -2.18. The van der Waals surface area contributed by atoms with E-state index >= 15 is 0 Å². The summed E-state index contributed by atoms with van der Waals surface area (Å²) in [7, 11) is 1.27. The fourth-order valence-electron chi connectivity index (χ4n) is 1.61. The van der Waals surface area contributed by atoms with Crippen LogP contribution in [-0.4, -0.2) is 26.0 Å². The highest BCUT2D eigenvalue weighted by Gasteiger charge is 2.31. The minimum absolute atomic E-state index is 0.177. The third kappa shape index (κ3) is 5.76. The summed E-state index contributed by atoms with van der Waals surface area (Å²) in [6.07, 6.45) is -2.72. The van der Waals surface area contributed by atoms with Crippen LogP contribution in [0.3, 0.4) is 0 Å². The van der Waals surface area contributed by atoms with Crippen LogP contribution in [0, 0.1) is 0 Å². The average molecular weight is 303 g/mol. The van der Waals surface area contributed by atoms with Crippen LogP contribution in [0.1, 0.15) is 13.3 Å². The Bertz CT molecular complexity index is 512. The summed E-state index contributed by atoms with van der Waals surface area (Å²) in [5.74, 6) is -0.784. The number of hydrogen-bond donors (Lipinski definition) is 1. The number of methoxy groups -OCH3 is 1. The van der Waals surface area contributed by atoms with Crippen LogP contribution in [0.25, 0.3) is 0 Å². The Kier molecular flexibility index (Phi) is 6.08. The average Bonchev–Trinajstić information content (AvgIpc) is 2.43. The van der Waals surface area contributed by atoms with Gasteiger partial charge in [0.2, 0.25) is 0 Å². The molecule has 116 valence electrons. The molecule has 0 amide bonds. The fourth-order valence-corrected chi connectivity index (χ4v) is 1.61. The van der Waals surface area contributed by atoms with Gasteiger partial charge in [-0.1, -0.05) is 25.1 Å². The lowest BCUT2D eigenvalue weighted by atomic mass is 10.2. The molecule has 0 aliphatic rings. The van der Waals surface area contributed by atoms with Gasteiger partial charge in [0.25, 0.3) is 0 Å². The largest absolute Gasteiger partial charge is 0.573 e. The van der Waals surface area contributed by atoms with Gasteiger partial charge in [-0.15, -0.1) is 13.2 Å². The topological polar surface area (TPSA) is 47.6 Å². The molecule has 1 rings (SSSR count). The van der Waals surface area contributed by atoms with Crippen molar-refractivity contribution in [3.8, 4) is 5.75 Å². The van der Waals surface area contributed by atoms with E-state index in [2.05, 4.69) is 14.8 Å².